The van der Waals surface area contributed by atoms with Gasteiger partial charge in [-0.2, -0.15) is 0 Å². The van der Waals surface area contributed by atoms with E-state index in [2.05, 4.69) is 6.58 Å². The number of benzene rings is 2. The van der Waals surface area contributed by atoms with Crippen LogP contribution in [0.1, 0.15) is 15.9 Å². The first kappa shape index (κ1) is 17.4. The molecule has 0 amide bonds. The van der Waals surface area contributed by atoms with Gasteiger partial charge in [-0.05, 0) is 42.0 Å². The van der Waals surface area contributed by atoms with Gasteiger partial charge in [0, 0.05) is 29.4 Å². The number of nitrogens with two attached hydrogens (primary N) is 1. The molecule has 0 spiro atoms. The molecule has 3 rings (SSSR count). The third-order valence-corrected chi connectivity index (χ3v) is 4.08. The summed E-state index contributed by atoms with van der Waals surface area (Å²) in [4.78, 5) is 23.9. The molecule has 1 heterocycles. The van der Waals surface area contributed by atoms with Crippen LogP contribution in [0.25, 0.3) is 22.2 Å². The monoisotopic (exact) mass is 354 g/mol. The van der Waals surface area contributed by atoms with Crippen molar-refractivity contribution in [3.05, 3.63) is 76.3 Å². The van der Waals surface area contributed by atoms with Crippen molar-refractivity contribution in [1.29, 1.82) is 0 Å². The number of hydrogen-bond acceptors (Lipinski definition) is 4. The highest BCUT2D eigenvalue weighted by atomic mass is 19.1. The minimum Gasteiger partial charge on any atom is -0.508 e. The topological polar surface area (TPSA) is 106 Å². The highest BCUT2D eigenvalue weighted by Gasteiger charge is 2.18. The number of carbonyl (C=O) groups is 1. The van der Waals surface area contributed by atoms with Crippen LogP contribution in [0.2, 0.25) is 0 Å². The van der Waals surface area contributed by atoms with E-state index in [1.165, 1.54) is 29.0 Å². The van der Waals surface area contributed by atoms with Gasteiger partial charge in [0.15, 0.2) is 0 Å². The van der Waals surface area contributed by atoms with Crippen LogP contribution < -0.4 is 11.2 Å². The fourth-order valence-electron chi connectivity index (χ4n) is 2.71. The summed E-state index contributed by atoms with van der Waals surface area (Å²) in [5.74, 6) is -2.09. The Kier molecular flexibility index (Phi) is 4.31. The van der Waals surface area contributed by atoms with Crippen LogP contribution in [0.4, 0.5) is 4.39 Å². The molecule has 0 atom stereocenters. The van der Waals surface area contributed by atoms with Crippen molar-refractivity contribution in [3.63, 3.8) is 0 Å². The Morgan fingerprint density at radius 1 is 1.19 bits per heavy atom. The number of nitrogens with zero attached hydrogens (tertiary/aromatic N) is 1. The zero-order valence-corrected chi connectivity index (χ0v) is 13.6. The highest BCUT2D eigenvalue weighted by molar-refractivity contribution is 5.94. The van der Waals surface area contributed by atoms with Crippen LogP contribution >= 0.6 is 0 Å². The van der Waals surface area contributed by atoms with E-state index >= 15 is 0 Å². The van der Waals surface area contributed by atoms with E-state index in [-0.39, 0.29) is 23.2 Å². The summed E-state index contributed by atoms with van der Waals surface area (Å²) in [6.07, 6.45) is 1.17. The normalized spacial score (nSPS) is 10.8. The van der Waals surface area contributed by atoms with E-state index in [4.69, 9.17) is 5.73 Å². The molecule has 0 fully saturated rings. The van der Waals surface area contributed by atoms with Gasteiger partial charge in [0.2, 0.25) is 5.43 Å². The van der Waals surface area contributed by atoms with Gasteiger partial charge in [-0.15, -0.1) is 0 Å². The van der Waals surface area contributed by atoms with E-state index in [0.717, 1.165) is 6.07 Å². The molecule has 0 aliphatic carbocycles. The number of phenols is 1. The molecule has 132 valence electrons. The largest absolute Gasteiger partial charge is 0.508 e. The van der Waals surface area contributed by atoms with Gasteiger partial charge in [-0.1, -0.05) is 6.58 Å². The Bertz CT molecular complexity index is 1100. The molecule has 0 bridgehead atoms. The zero-order chi connectivity index (χ0) is 19.0. The van der Waals surface area contributed by atoms with Crippen molar-refractivity contribution in [2.24, 2.45) is 5.73 Å². The average molecular weight is 354 g/mol. The summed E-state index contributed by atoms with van der Waals surface area (Å²) in [6.45, 7) is 3.74. The number of aromatic nitrogens is 1. The number of rotatable bonds is 4. The fourth-order valence-corrected chi connectivity index (χ4v) is 2.71. The fraction of sp³-hybridized carbons (Fsp3) is 0.0526. The van der Waals surface area contributed by atoms with Crippen LogP contribution in [-0.2, 0) is 0 Å². The number of hydrogen-bond donors (Lipinski definition) is 3. The molecule has 0 saturated carbocycles. The molecule has 3 aromatic rings. The molecule has 0 radical (unpaired) electrons. The maximum Gasteiger partial charge on any atom is 0.341 e. The Labute approximate surface area is 147 Å². The van der Waals surface area contributed by atoms with Crippen LogP contribution in [0.5, 0.6) is 5.75 Å². The van der Waals surface area contributed by atoms with Gasteiger partial charge < -0.3 is 20.5 Å². The maximum atomic E-state index is 14.4. The molecular formula is C19H15FN2O4. The van der Waals surface area contributed by atoms with Crippen LogP contribution in [-0.4, -0.2) is 27.3 Å². The Balaban J connectivity index is 2.45. The summed E-state index contributed by atoms with van der Waals surface area (Å²) in [5, 5.41) is 18.7. The lowest BCUT2D eigenvalue weighted by atomic mass is 10.0. The van der Waals surface area contributed by atoms with E-state index in [1.807, 2.05) is 0 Å². The van der Waals surface area contributed by atoms with Crippen molar-refractivity contribution in [2.45, 2.75) is 0 Å². The van der Waals surface area contributed by atoms with E-state index in [1.54, 1.807) is 12.1 Å². The zero-order valence-electron chi connectivity index (χ0n) is 13.6. The lowest BCUT2D eigenvalue weighted by Gasteiger charge is -2.15. The molecule has 2 aromatic carbocycles. The summed E-state index contributed by atoms with van der Waals surface area (Å²) in [6, 6.07) is 8.35. The van der Waals surface area contributed by atoms with Crippen LogP contribution in [0, 0.1) is 5.82 Å². The first-order chi connectivity index (χ1) is 12.3. The predicted octanol–water partition coefficient (Wildman–Crippen LogP) is 2.51. The standard InChI is InChI=1S/C19H15FN2O4/c1-10(8-21)13-7-17-14(6-16(13)20)18(24)15(19(25)26)9-22(17)11-2-4-12(23)5-3-11/h2-7,9,23H,1,8,21H2,(H,25,26). The van der Waals surface area contributed by atoms with Crippen LogP contribution in [0.3, 0.4) is 0 Å². The average Bonchev–Trinajstić information content (AvgIpc) is 2.62. The molecule has 6 nitrogen and oxygen atoms in total. The molecule has 0 unspecified atom stereocenters. The number of halogens is 1. The number of carboxylic acids is 1. The van der Waals surface area contributed by atoms with E-state index in [0.29, 0.717) is 16.8 Å². The Hall–Kier alpha value is -3.45. The lowest BCUT2D eigenvalue weighted by Crippen LogP contribution is -2.19. The first-order valence-corrected chi connectivity index (χ1v) is 7.63. The summed E-state index contributed by atoms with van der Waals surface area (Å²) < 4.78 is 15.9. The smallest absolute Gasteiger partial charge is 0.341 e. The molecule has 0 aliphatic rings. The second-order valence-electron chi connectivity index (χ2n) is 5.72. The van der Waals surface area contributed by atoms with Gasteiger partial charge in [0.1, 0.15) is 17.1 Å². The Morgan fingerprint density at radius 3 is 2.42 bits per heavy atom. The van der Waals surface area contributed by atoms with Gasteiger partial charge in [0.05, 0.1) is 5.52 Å². The van der Waals surface area contributed by atoms with Crippen LogP contribution in [0.15, 0.2) is 54.0 Å². The number of fused-ring (bicyclic) bond motifs is 1. The minimum absolute atomic E-state index is 0.0269. The number of carboxylic acid groups (broad SMARTS) is 1. The number of pyridine rings is 1. The molecule has 1 aromatic heterocycles. The second kappa shape index (κ2) is 6.45. The number of aromatic carboxylic acids is 1. The van der Waals surface area contributed by atoms with Crippen molar-refractivity contribution in [1.82, 2.24) is 4.57 Å². The third-order valence-electron chi connectivity index (χ3n) is 4.08. The lowest BCUT2D eigenvalue weighted by molar-refractivity contribution is 0.0695. The van der Waals surface area contributed by atoms with Gasteiger partial charge in [0.25, 0.3) is 0 Å². The summed E-state index contributed by atoms with van der Waals surface area (Å²) in [7, 11) is 0. The SMILES string of the molecule is C=C(CN)c1cc2c(cc1F)c(=O)c(C(=O)O)cn2-c1ccc(O)cc1. The molecular weight excluding hydrogens is 339 g/mol. The number of aromatic hydroxyl groups is 1. The second-order valence-corrected chi connectivity index (χ2v) is 5.72. The quantitative estimate of drug-likeness (QED) is 0.668. The number of phenolic OH excluding ortho intramolecular Hbond substituents is 1. The minimum atomic E-state index is -1.42. The molecule has 0 aliphatic heterocycles. The Morgan fingerprint density at radius 2 is 1.85 bits per heavy atom. The van der Waals surface area contributed by atoms with Gasteiger partial charge in [-0.3, -0.25) is 4.79 Å². The van der Waals surface area contributed by atoms with Gasteiger partial charge >= 0.3 is 5.97 Å². The maximum absolute atomic E-state index is 14.4. The molecule has 4 N–H and O–H groups in total. The van der Waals surface area contributed by atoms with E-state index < -0.39 is 22.8 Å². The van der Waals surface area contributed by atoms with Crippen molar-refractivity contribution < 1.29 is 19.4 Å². The third kappa shape index (κ3) is 2.84. The van der Waals surface area contributed by atoms with Crippen molar-refractivity contribution in [3.8, 4) is 11.4 Å². The van der Waals surface area contributed by atoms with Crippen molar-refractivity contribution >= 4 is 22.4 Å². The van der Waals surface area contributed by atoms with Gasteiger partial charge in [-0.25, -0.2) is 9.18 Å². The predicted molar refractivity (Wildman–Crippen MR) is 96.2 cm³/mol. The molecule has 26 heavy (non-hydrogen) atoms. The molecule has 7 heteroatoms. The first-order valence-electron chi connectivity index (χ1n) is 7.63. The van der Waals surface area contributed by atoms with Crippen molar-refractivity contribution in [2.75, 3.05) is 6.54 Å². The summed E-state index contributed by atoms with van der Waals surface area (Å²) >= 11 is 0. The highest BCUT2D eigenvalue weighted by Crippen LogP contribution is 2.25. The summed E-state index contributed by atoms with van der Waals surface area (Å²) in [5.41, 5.74) is 5.55. The molecule has 0 saturated heterocycles. The van der Waals surface area contributed by atoms with E-state index in [9.17, 15) is 24.2 Å².